The Morgan fingerprint density at radius 2 is 1.72 bits per heavy atom. The van der Waals surface area contributed by atoms with Crippen LogP contribution in [0.2, 0.25) is 0 Å². The van der Waals surface area contributed by atoms with Crippen LogP contribution in [0.3, 0.4) is 0 Å². The van der Waals surface area contributed by atoms with E-state index < -0.39 is 10.0 Å². The molecule has 2 fully saturated rings. The number of benzene rings is 3. The monoisotopic (exact) mass is 544 g/mol. The normalized spacial score (nSPS) is 29.2. The van der Waals surface area contributed by atoms with Crippen LogP contribution >= 0.6 is 0 Å². The number of phenolic OH excluding ortho intramolecular Hbond substituents is 1. The fourth-order valence-electron chi connectivity index (χ4n) is 8.27. The molecular formula is C32H36N2O4S. The Hall–Kier alpha value is -2.87. The molecule has 39 heavy (non-hydrogen) atoms. The van der Waals surface area contributed by atoms with E-state index in [1.807, 2.05) is 36.4 Å². The second kappa shape index (κ2) is 9.36. The molecule has 1 spiro atoms. The van der Waals surface area contributed by atoms with Crippen LogP contribution in [0.15, 0.2) is 72.8 Å². The molecule has 4 aliphatic rings. The molecule has 0 aromatic heterocycles. The summed E-state index contributed by atoms with van der Waals surface area (Å²) < 4.78 is 35.6. The van der Waals surface area contributed by atoms with E-state index in [0.29, 0.717) is 17.7 Å². The highest BCUT2D eigenvalue weighted by Crippen LogP contribution is 2.63. The van der Waals surface area contributed by atoms with Crippen LogP contribution in [0, 0.1) is 5.92 Å². The SMILES string of the molecule is CN([C@@H]1CC[C@H]2[C@H]3Cc4c(O)ccc5c4[C@@]2(CCN3CCc2ccccc2)[C@H]1O5)S(=O)(=O)Cc1ccccc1. The molecule has 5 atom stereocenters. The third-order valence-electron chi connectivity index (χ3n) is 10.0. The van der Waals surface area contributed by atoms with Crippen molar-refractivity contribution in [2.75, 3.05) is 20.1 Å². The average molecular weight is 545 g/mol. The summed E-state index contributed by atoms with van der Waals surface area (Å²) in [7, 11) is -1.81. The summed E-state index contributed by atoms with van der Waals surface area (Å²) in [5, 5.41) is 11.0. The van der Waals surface area contributed by atoms with Gasteiger partial charge in [-0.3, -0.25) is 4.90 Å². The summed E-state index contributed by atoms with van der Waals surface area (Å²) in [5.74, 6) is 1.55. The zero-order chi connectivity index (χ0) is 26.8. The van der Waals surface area contributed by atoms with Gasteiger partial charge in [-0.25, -0.2) is 8.42 Å². The molecule has 0 radical (unpaired) electrons. The summed E-state index contributed by atoms with van der Waals surface area (Å²) in [6.45, 7) is 1.94. The summed E-state index contributed by atoms with van der Waals surface area (Å²) >= 11 is 0. The molecule has 0 amide bonds. The molecule has 3 aromatic carbocycles. The van der Waals surface area contributed by atoms with Gasteiger partial charge in [0, 0.05) is 36.2 Å². The Morgan fingerprint density at radius 3 is 2.46 bits per heavy atom. The lowest BCUT2D eigenvalue weighted by Crippen LogP contribution is -2.69. The molecule has 2 bridgehead atoms. The number of likely N-dealkylation sites (N-methyl/N-ethyl adjacent to an activating group) is 1. The zero-order valence-electron chi connectivity index (χ0n) is 22.4. The molecule has 2 heterocycles. The first-order valence-corrected chi connectivity index (χ1v) is 15.8. The maximum absolute atomic E-state index is 13.6. The third kappa shape index (κ3) is 3.92. The molecule has 2 aliphatic carbocycles. The molecule has 1 saturated heterocycles. The van der Waals surface area contributed by atoms with E-state index >= 15 is 0 Å². The van der Waals surface area contributed by atoms with Gasteiger partial charge in [0.2, 0.25) is 10.0 Å². The maximum atomic E-state index is 13.6. The molecule has 0 unspecified atom stereocenters. The van der Waals surface area contributed by atoms with Gasteiger partial charge in [-0.2, -0.15) is 4.31 Å². The van der Waals surface area contributed by atoms with Crippen LogP contribution < -0.4 is 4.74 Å². The number of hydrogen-bond donors (Lipinski definition) is 1. The minimum atomic E-state index is -3.54. The average Bonchev–Trinajstić information content (AvgIpc) is 3.28. The van der Waals surface area contributed by atoms with Crippen LogP contribution in [-0.4, -0.2) is 61.1 Å². The van der Waals surface area contributed by atoms with Crippen LogP contribution in [-0.2, 0) is 34.0 Å². The van der Waals surface area contributed by atoms with E-state index in [9.17, 15) is 13.5 Å². The lowest BCUT2D eigenvalue weighted by atomic mass is 9.51. The lowest BCUT2D eigenvalue weighted by Gasteiger charge is -2.60. The summed E-state index contributed by atoms with van der Waals surface area (Å²) in [4.78, 5) is 2.63. The molecule has 3 aromatic rings. The van der Waals surface area contributed by atoms with Crippen LogP contribution in [0.1, 0.15) is 41.5 Å². The number of likely N-dealkylation sites (tertiary alicyclic amines) is 1. The number of piperidine rings is 1. The molecule has 1 saturated carbocycles. The highest BCUT2D eigenvalue weighted by Gasteiger charge is 2.66. The molecular weight excluding hydrogens is 508 g/mol. The number of hydrogen-bond acceptors (Lipinski definition) is 5. The Balaban J connectivity index is 1.22. The van der Waals surface area contributed by atoms with Gasteiger partial charge in [0.05, 0.1) is 11.8 Å². The Kier molecular flexibility index (Phi) is 6.03. The van der Waals surface area contributed by atoms with Crippen molar-refractivity contribution in [2.45, 2.75) is 61.5 Å². The first kappa shape index (κ1) is 25.1. The number of sulfonamides is 1. The van der Waals surface area contributed by atoms with Crippen molar-refractivity contribution >= 4 is 10.0 Å². The molecule has 7 rings (SSSR count). The van der Waals surface area contributed by atoms with E-state index in [2.05, 4.69) is 35.2 Å². The van der Waals surface area contributed by atoms with Crippen LogP contribution in [0.5, 0.6) is 11.5 Å². The number of phenols is 1. The van der Waals surface area contributed by atoms with E-state index in [1.54, 1.807) is 17.4 Å². The molecule has 7 heteroatoms. The predicted octanol–water partition coefficient (Wildman–Crippen LogP) is 4.50. The summed E-state index contributed by atoms with van der Waals surface area (Å²) in [6, 6.07) is 23.8. The fourth-order valence-corrected chi connectivity index (χ4v) is 9.72. The fraction of sp³-hybridized carbons (Fsp3) is 0.438. The highest BCUT2D eigenvalue weighted by atomic mass is 32.2. The van der Waals surface area contributed by atoms with Crippen molar-refractivity contribution in [1.29, 1.82) is 0 Å². The van der Waals surface area contributed by atoms with Gasteiger partial charge in [0.1, 0.15) is 17.6 Å². The first-order valence-electron chi connectivity index (χ1n) is 14.2. The second-order valence-corrected chi connectivity index (χ2v) is 13.8. The second-order valence-electron chi connectivity index (χ2n) is 11.8. The molecule has 6 nitrogen and oxygen atoms in total. The number of rotatable bonds is 7. The van der Waals surface area contributed by atoms with Crippen molar-refractivity contribution in [3.63, 3.8) is 0 Å². The Bertz CT molecular complexity index is 1480. The van der Waals surface area contributed by atoms with Crippen molar-refractivity contribution in [2.24, 2.45) is 5.92 Å². The summed E-state index contributed by atoms with van der Waals surface area (Å²) in [6.07, 6.45) is 4.22. The van der Waals surface area contributed by atoms with E-state index in [0.717, 1.165) is 67.6 Å². The van der Waals surface area contributed by atoms with Crippen molar-refractivity contribution in [3.05, 3.63) is 95.1 Å². The summed E-state index contributed by atoms with van der Waals surface area (Å²) in [5.41, 5.74) is 4.04. The number of aromatic hydroxyl groups is 1. The van der Waals surface area contributed by atoms with Gasteiger partial charge in [0.25, 0.3) is 0 Å². The Morgan fingerprint density at radius 1 is 1.00 bits per heavy atom. The van der Waals surface area contributed by atoms with E-state index in [-0.39, 0.29) is 23.3 Å². The minimum Gasteiger partial charge on any atom is -0.508 e. The van der Waals surface area contributed by atoms with Crippen molar-refractivity contribution < 1.29 is 18.3 Å². The van der Waals surface area contributed by atoms with Gasteiger partial charge in [-0.1, -0.05) is 60.7 Å². The maximum Gasteiger partial charge on any atom is 0.218 e. The van der Waals surface area contributed by atoms with E-state index in [1.165, 1.54) is 5.56 Å². The third-order valence-corrected chi connectivity index (χ3v) is 11.9. The Labute approximate surface area is 231 Å². The first-order chi connectivity index (χ1) is 18.9. The van der Waals surface area contributed by atoms with Gasteiger partial charge < -0.3 is 9.84 Å². The van der Waals surface area contributed by atoms with Gasteiger partial charge >= 0.3 is 0 Å². The molecule has 2 aliphatic heterocycles. The van der Waals surface area contributed by atoms with Crippen molar-refractivity contribution in [1.82, 2.24) is 9.21 Å². The number of ether oxygens (including phenoxy) is 1. The minimum absolute atomic E-state index is 0.0150. The van der Waals surface area contributed by atoms with Gasteiger partial charge in [0.15, 0.2) is 0 Å². The number of nitrogens with zero attached hydrogens (tertiary/aromatic N) is 2. The highest BCUT2D eigenvalue weighted by molar-refractivity contribution is 7.88. The topological polar surface area (TPSA) is 70.1 Å². The zero-order valence-corrected chi connectivity index (χ0v) is 23.2. The predicted molar refractivity (Wildman–Crippen MR) is 151 cm³/mol. The smallest absolute Gasteiger partial charge is 0.218 e. The van der Waals surface area contributed by atoms with Gasteiger partial charge in [-0.05, 0) is 67.8 Å². The van der Waals surface area contributed by atoms with Crippen LogP contribution in [0.25, 0.3) is 0 Å². The molecule has 1 N–H and O–H groups in total. The molecule has 204 valence electrons. The lowest BCUT2D eigenvalue weighted by molar-refractivity contribution is -0.0740. The largest absolute Gasteiger partial charge is 0.508 e. The van der Waals surface area contributed by atoms with Gasteiger partial charge in [-0.15, -0.1) is 0 Å². The quantitative estimate of drug-likeness (QED) is 0.474. The van der Waals surface area contributed by atoms with Crippen molar-refractivity contribution in [3.8, 4) is 11.5 Å². The van der Waals surface area contributed by atoms with E-state index in [4.69, 9.17) is 4.74 Å². The standard InChI is InChI=1S/C32H36N2O4S/c1-33(39(36,37)21-23-10-6-3-7-11-23)26-13-12-25-27-20-24-28(35)14-15-29-30(24)32(25,31(26)38-29)17-19-34(27)18-16-22-8-4-2-5-9-22/h2-11,14-15,25-27,31,35H,12-13,16-21H2,1H3/t25-,26+,27+,31-,32-/m0/s1. The van der Waals surface area contributed by atoms with Crippen LogP contribution in [0.4, 0.5) is 0 Å².